The molecule has 0 aliphatic rings. The Kier molecular flexibility index (Phi) is 4.38. The van der Waals surface area contributed by atoms with Gasteiger partial charge < -0.3 is 5.32 Å². The van der Waals surface area contributed by atoms with Crippen molar-refractivity contribution in [2.24, 2.45) is 0 Å². The molecule has 0 saturated heterocycles. The first-order valence-corrected chi connectivity index (χ1v) is 9.47. The Balaban J connectivity index is 1.44. The van der Waals surface area contributed by atoms with Crippen molar-refractivity contribution >= 4 is 16.6 Å². The number of pyridine rings is 2. The van der Waals surface area contributed by atoms with Crippen molar-refractivity contribution in [3.05, 3.63) is 101 Å². The molecular weight excluding hydrogens is 362 g/mol. The van der Waals surface area contributed by atoms with E-state index in [0.717, 1.165) is 35.1 Å². The van der Waals surface area contributed by atoms with Crippen LogP contribution in [0, 0.1) is 0 Å². The highest BCUT2D eigenvalue weighted by Gasteiger charge is 2.11. The van der Waals surface area contributed by atoms with E-state index in [9.17, 15) is 4.79 Å². The summed E-state index contributed by atoms with van der Waals surface area (Å²) in [7, 11) is 0. The van der Waals surface area contributed by atoms with E-state index in [-0.39, 0.29) is 5.69 Å². The molecule has 0 bridgehead atoms. The number of H-pyrrole nitrogens is 1. The minimum atomic E-state index is -0.224. The summed E-state index contributed by atoms with van der Waals surface area (Å²) >= 11 is 0. The summed E-state index contributed by atoms with van der Waals surface area (Å²) in [5, 5.41) is 11.2. The molecule has 0 fully saturated rings. The first-order chi connectivity index (χ1) is 14.3. The monoisotopic (exact) mass is 381 g/mol. The van der Waals surface area contributed by atoms with Crippen molar-refractivity contribution in [1.29, 1.82) is 0 Å². The molecular formula is C23H19N5O. The van der Waals surface area contributed by atoms with E-state index in [1.807, 2.05) is 42.5 Å². The van der Waals surface area contributed by atoms with Crippen LogP contribution in [-0.2, 0) is 13.1 Å². The van der Waals surface area contributed by atoms with Gasteiger partial charge in [0.05, 0.1) is 5.52 Å². The molecule has 0 radical (unpaired) electrons. The highest BCUT2D eigenvalue weighted by Crippen LogP contribution is 2.29. The van der Waals surface area contributed by atoms with Gasteiger partial charge in [-0.3, -0.25) is 4.98 Å². The number of para-hydroxylation sites is 1. The van der Waals surface area contributed by atoms with Crippen molar-refractivity contribution in [2.75, 3.05) is 0 Å². The second-order valence-corrected chi connectivity index (χ2v) is 6.95. The van der Waals surface area contributed by atoms with E-state index in [0.29, 0.717) is 5.65 Å². The second kappa shape index (κ2) is 7.33. The molecule has 6 heteroatoms. The summed E-state index contributed by atoms with van der Waals surface area (Å²) in [6, 6.07) is 22.4. The van der Waals surface area contributed by atoms with Gasteiger partial charge in [0.25, 0.3) is 0 Å². The summed E-state index contributed by atoms with van der Waals surface area (Å²) in [5.41, 5.74) is 5.82. The zero-order valence-electron chi connectivity index (χ0n) is 15.7. The maximum Gasteiger partial charge on any atom is 0.348 e. The van der Waals surface area contributed by atoms with Crippen LogP contribution in [0.1, 0.15) is 11.1 Å². The van der Waals surface area contributed by atoms with Crippen molar-refractivity contribution in [3.8, 4) is 11.1 Å². The highest BCUT2D eigenvalue weighted by molar-refractivity contribution is 5.97. The normalized spacial score (nSPS) is 11.3. The van der Waals surface area contributed by atoms with E-state index >= 15 is 0 Å². The number of nitrogens with zero attached hydrogens (tertiary/aromatic N) is 3. The third-order valence-corrected chi connectivity index (χ3v) is 5.08. The topological polar surface area (TPSA) is 75.1 Å². The molecule has 3 aromatic heterocycles. The molecule has 2 N–H and O–H groups in total. The van der Waals surface area contributed by atoms with Gasteiger partial charge in [-0.25, -0.2) is 14.3 Å². The zero-order chi connectivity index (χ0) is 19.6. The number of aromatic amines is 1. The van der Waals surface area contributed by atoms with Crippen LogP contribution >= 0.6 is 0 Å². The van der Waals surface area contributed by atoms with Crippen LogP contribution < -0.4 is 11.0 Å². The molecule has 142 valence electrons. The molecule has 2 aromatic carbocycles. The molecule has 0 unspecified atom stereocenters. The van der Waals surface area contributed by atoms with E-state index in [1.54, 1.807) is 16.8 Å². The molecule has 5 aromatic rings. The van der Waals surface area contributed by atoms with Crippen molar-refractivity contribution in [3.63, 3.8) is 0 Å². The SMILES string of the molecule is O=c1[nH]nc2cc(-c3ccc(CNCc4ccncc4)cc3)c3ccccc3n12. The Hall–Kier alpha value is -3.77. The molecule has 0 saturated carbocycles. The third kappa shape index (κ3) is 3.30. The van der Waals surface area contributed by atoms with Gasteiger partial charge in [-0.15, -0.1) is 0 Å². The van der Waals surface area contributed by atoms with Gasteiger partial charge >= 0.3 is 5.69 Å². The van der Waals surface area contributed by atoms with Crippen LogP contribution in [0.25, 0.3) is 27.7 Å². The quantitative estimate of drug-likeness (QED) is 0.488. The number of nitrogens with one attached hydrogen (secondary N) is 2. The highest BCUT2D eigenvalue weighted by atomic mass is 16.1. The first-order valence-electron chi connectivity index (χ1n) is 9.47. The predicted molar refractivity (Wildman–Crippen MR) is 114 cm³/mol. The molecule has 0 amide bonds. The van der Waals surface area contributed by atoms with Crippen LogP contribution in [0.2, 0.25) is 0 Å². The van der Waals surface area contributed by atoms with Crippen LogP contribution in [-0.4, -0.2) is 19.6 Å². The lowest BCUT2D eigenvalue weighted by atomic mass is 10.00. The number of rotatable bonds is 5. The number of hydrogen-bond acceptors (Lipinski definition) is 4. The standard InChI is InChI=1S/C23H19N5O/c29-23-27-26-22-13-20(19-3-1-2-4-21(19)28(22)23)18-7-5-16(6-8-18)14-25-15-17-9-11-24-12-10-17/h1-13,25H,14-15H2,(H,27,29). The molecule has 0 spiro atoms. The molecule has 29 heavy (non-hydrogen) atoms. The molecule has 6 nitrogen and oxygen atoms in total. The van der Waals surface area contributed by atoms with Gasteiger partial charge in [0.1, 0.15) is 0 Å². The van der Waals surface area contributed by atoms with Crippen molar-refractivity contribution in [2.45, 2.75) is 13.1 Å². The summed E-state index contributed by atoms with van der Waals surface area (Å²) in [6.45, 7) is 1.59. The number of aromatic nitrogens is 4. The van der Waals surface area contributed by atoms with E-state index < -0.39 is 0 Å². The Labute approximate surface area is 166 Å². The van der Waals surface area contributed by atoms with Crippen LogP contribution in [0.4, 0.5) is 0 Å². The van der Waals surface area contributed by atoms with Crippen molar-refractivity contribution < 1.29 is 0 Å². The largest absolute Gasteiger partial charge is 0.348 e. The lowest BCUT2D eigenvalue weighted by Gasteiger charge is -2.10. The predicted octanol–water partition coefficient (Wildman–Crippen LogP) is 3.53. The second-order valence-electron chi connectivity index (χ2n) is 6.95. The fourth-order valence-corrected chi connectivity index (χ4v) is 3.63. The lowest BCUT2D eigenvalue weighted by molar-refractivity contribution is 0.693. The van der Waals surface area contributed by atoms with E-state index in [1.165, 1.54) is 11.1 Å². The van der Waals surface area contributed by atoms with Crippen LogP contribution in [0.15, 0.2) is 83.9 Å². The van der Waals surface area contributed by atoms with Crippen LogP contribution in [0.5, 0.6) is 0 Å². The van der Waals surface area contributed by atoms with Gasteiger partial charge in [0, 0.05) is 30.9 Å². The fourth-order valence-electron chi connectivity index (χ4n) is 3.63. The van der Waals surface area contributed by atoms with Gasteiger partial charge in [-0.2, -0.15) is 5.10 Å². The Morgan fingerprint density at radius 1 is 0.897 bits per heavy atom. The molecule has 5 rings (SSSR count). The number of hydrogen-bond donors (Lipinski definition) is 2. The number of benzene rings is 2. The fraction of sp³-hybridized carbons (Fsp3) is 0.0870. The summed E-state index contributed by atoms with van der Waals surface area (Å²) in [5.74, 6) is 0. The zero-order valence-corrected chi connectivity index (χ0v) is 15.7. The van der Waals surface area contributed by atoms with Gasteiger partial charge in [0.2, 0.25) is 0 Å². The Morgan fingerprint density at radius 2 is 1.62 bits per heavy atom. The maximum absolute atomic E-state index is 12.1. The van der Waals surface area contributed by atoms with Gasteiger partial charge in [0.15, 0.2) is 5.65 Å². The average Bonchev–Trinajstić information content (AvgIpc) is 3.15. The third-order valence-electron chi connectivity index (χ3n) is 5.08. The molecule has 0 aliphatic carbocycles. The van der Waals surface area contributed by atoms with E-state index in [4.69, 9.17) is 0 Å². The Bertz CT molecular complexity index is 1340. The van der Waals surface area contributed by atoms with Crippen molar-refractivity contribution in [1.82, 2.24) is 24.9 Å². The first kappa shape index (κ1) is 17.3. The molecule has 0 aliphatic heterocycles. The maximum atomic E-state index is 12.1. The summed E-state index contributed by atoms with van der Waals surface area (Å²) in [6.07, 6.45) is 3.61. The Morgan fingerprint density at radius 3 is 2.41 bits per heavy atom. The minimum absolute atomic E-state index is 0.224. The van der Waals surface area contributed by atoms with Crippen LogP contribution in [0.3, 0.4) is 0 Å². The van der Waals surface area contributed by atoms with Gasteiger partial charge in [-0.1, -0.05) is 42.5 Å². The molecule has 0 atom stereocenters. The smallest absolute Gasteiger partial charge is 0.309 e. The average molecular weight is 381 g/mol. The minimum Gasteiger partial charge on any atom is -0.309 e. The number of fused-ring (bicyclic) bond motifs is 3. The summed E-state index contributed by atoms with van der Waals surface area (Å²) in [4.78, 5) is 16.2. The van der Waals surface area contributed by atoms with Gasteiger partial charge in [-0.05, 0) is 46.5 Å². The lowest BCUT2D eigenvalue weighted by Crippen LogP contribution is -2.12. The summed E-state index contributed by atoms with van der Waals surface area (Å²) < 4.78 is 1.61. The van der Waals surface area contributed by atoms with E-state index in [2.05, 4.69) is 44.8 Å². The molecule has 3 heterocycles.